The summed E-state index contributed by atoms with van der Waals surface area (Å²) < 4.78 is 5.69. The van der Waals surface area contributed by atoms with E-state index in [1.165, 1.54) is 6.08 Å². The molecule has 2 heterocycles. The van der Waals surface area contributed by atoms with E-state index in [1.807, 2.05) is 0 Å². The molecule has 0 saturated heterocycles. The summed E-state index contributed by atoms with van der Waals surface area (Å²) in [5.74, 6) is 1.64. The van der Waals surface area contributed by atoms with Crippen LogP contribution < -0.4 is 10.6 Å². The van der Waals surface area contributed by atoms with Crippen LogP contribution in [-0.2, 0) is 4.79 Å². The second-order valence-electron chi connectivity index (χ2n) is 5.14. The number of amidine groups is 1. The molecule has 3 rings (SSSR count). The summed E-state index contributed by atoms with van der Waals surface area (Å²) in [6, 6.07) is 8.66. The molecule has 0 spiro atoms. The average Bonchev–Trinajstić information content (AvgIpc) is 3.24. The van der Waals surface area contributed by atoms with Crippen molar-refractivity contribution < 1.29 is 9.21 Å². The van der Waals surface area contributed by atoms with E-state index in [4.69, 9.17) is 39.8 Å². The Morgan fingerprint density at radius 2 is 2.15 bits per heavy atom. The first-order valence-electron chi connectivity index (χ1n) is 7.54. The molecule has 0 aliphatic carbocycles. The lowest BCUT2D eigenvalue weighted by Gasteiger charge is -2.06. The Balaban J connectivity index is 1.59. The van der Waals surface area contributed by atoms with Crippen molar-refractivity contribution in [3.8, 4) is 11.3 Å². The van der Waals surface area contributed by atoms with E-state index < -0.39 is 0 Å². The maximum Gasteiger partial charge on any atom is 0.250 e. The molecule has 1 amide bonds. The second-order valence-corrected chi connectivity index (χ2v) is 7.47. The predicted octanol–water partition coefficient (Wildman–Crippen LogP) is 4.36. The molecule has 9 heteroatoms. The third kappa shape index (κ3) is 5.11. The van der Waals surface area contributed by atoms with Crippen LogP contribution >= 0.6 is 47.2 Å². The van der Waals surface area contributed by atoms with Gasteiger partial charge in [-0.25, -0.2) is 0 Å². The van der Waals surface area contributed by atoms with Crippen molar-refractivity contribution >= 4 is 69.4 Å². The van der Waals surface area contributed by atoms with E-state index in [2.05, 4.69) is 15.6 Å². The van der Waals surface area contributed by atoms with Crippen molar-refractivity contribution in [2.75, 3.05) is 12.3 Å². The largest absolute Gasteiger partial charge is 0.457 e. The van der Waals surface area contributed by atoms with E-state index in [0.29, 0.717) is 21.6 Å². The maximum absolute atomic E-state index is 11.9. The molecule has 1 aliphatic rings. The van der Waals surface area contributed by atoms with Crippen molar-refractivity contribution in [3.63, 3.8) is 0 Å². The molecular formula is C17H13Cl2N3O2S2. The lowest BCUT2D eigenvalue weighted by molar-refractivity contribution is -0.115. The lowest BCUT2D eigenvalue weighted by Crippen LogP contribution is -2.40. The molecule has 134 valence electrons. The van der Waals surface area contributed by atoms with Gasteiger partial charge in [-0.05, 0) is 48.6 Å². The summed E-state index contributed by atoms with van der Waals surface area (Å²) in [4.78, 5) is 16.1. The van der Waals surface area contributed by atoms with E-state index in [0.717, 1.165) is 23.0 Å². The zero-order valence-corrected chi connectivity index (χ0v) is 16.4. The topological polar surface area (TPSA) is 66.6 Å². The molecule has 0 radical (unpaired) electrons. The van der Waals surface area contributed by atoms with Gasteiger partial charge < -0.3 is 9.73 Å². The number of thioether (sulfide) groups is 1. The average molecular weight is 426 g/mol. The second kappa shape index (κ2) is 8.73. The van der Waals surface area contributed by atoms with Crippen LogP contribution in [0.4, 0.5) is 0 Å². The summed E-state index contributed by atoms with van der Waals surface area (Å²) >= 11 is 18.7. The monoisotopic (exact) mass is 425 g/mol. The van der Waals surface area contributed by atoms with E-state index in [1.54, 1.807) is 48.2 Å². The van der Waals surface area contributed by atoms with E-state index in [-0.39, 0.29) is 11.0 Å². The molecule has 1 aromatic carbocycles. The van der Waals surface area contributed by atoms with Crippen LogP contribution in [0.1, 0.15) is 5.76 Å². The molecule has 1 aromatic heterocycles. The number of hydrogen-bond acceptors (Lipinski definition) is 5. The minimum absolute atomic E-state index is 0.209. The molecule has 0 unspecified atom stereocenters. The standard InChI is InChI=1S/C17H13Cl2N3O2S2/c18-10-1-4-12(13(19)9-10)14-5-2-11(24-14)3-6-15(23)21-16(25)22-17-20-7-8-26-17/h1-6,9H,7-8H2,(H2,20,21,22,23,25)/b6-3+. The van der Waals surface area contributed by atoms with Gasteiger partial charge in [-0.2, -0.15) is 0 Å². The van der Waals surface area contributed by atoms with Gasteiger partial charge in [0, 0.05) is 22.4 Å². The zero-order chi connectivity index (χ0) is 18.5. The van der Waals surface area contributed by atoms with Gasteiger partial charge in [0.15, 0.2) is 10.3 Å². The van der Waals surface area contributed by atoms with Gasteiger partial charge in [-0.3, -0.25) is 15.1 Å². The number of halogens is 2. The summed E-state index contributed by atoms with van der Waals surface area (Å²) in [5.41, 5.74) is 0.723. The van der Waals surface area contributed by atoms with Crippen molar-refractivity contribution in [1.29, 1.82) is 0 Å². The number of thiocarbonyl (C=S) groups is 1. The number of carbonyl (C=O) groups is 1. The molecule has 2 aromatic rings. The van der Waals surface area contributed by atoms with Gasteiger partial charge in [0.05, 0.1) is 11.6 Å². The SMILES string of the molecule is O=C(/C=C/c1ccc(-c2ccc(Cl)cc2Cl)o1)NC(=S)NC1=NCCS1. The van der Waals surface area contributed by atoms with Crippen molar-refractivity contribution in [3.05, 3.63) is 52.2 Å². The third-order valence-corrected chi connectivity index (χ3v) is 4.91. The van der Waals surface area contributed by atoms with E-state index in [9.17, 15) is 4.79 Å². The fourth-order valence-electron chi connectivity index (χ4n) is 2.13. The quantitative estimate of drug-likeness (QED) is 0.564. The maximum atomic E-state index is 11.9. The fourth-order valence-corrected chi connectivity index (χ4v) is 3.62. The van der Waals surface area contributed by atoms with Gasteiger partial charge >= 0.3 is 0 Å². The normalized spacial score (nSPS) is 13.7. The summed E-state index contributed by atoms with van der Waals surface area (Å²) in [6.45, 7) is 0.752. The summed E-state index contributed by atoms with van der Waals surface area (Å²) in [6.07, 6.45) is 2.89. The molecule has 5 nitrogen and oxygen atoms in total. The van der Waals surface area contributed by atoms with Crippen molar-refractivity contribution in [1.82, 2.24) is 10.6 Å². The molecular weight excluding hydrogens is 413 g/mol. The van der Waals surface area contributed by atoms with Gasteiger partial charge in [-0.15, -0.1) is 0 Å². The summed E-state index contributed by atoms with van der Waals surface area (Å²) in [7, 11) is 0. The number of nitrogens with zero attached hydrogens (tertiary/aromatic N) is 1. The number of amides is 1. The Morgan fingerprint density at radius 3 is 2.88 bits per heavy atom. The Morgan fingerprint density at radius 1 is 1.31 bits per heavy atom. The first-order chi connectivity index (χ1) is 12.5. The number of hydrogen-bond donors (Lipinski definition) is 2. The Labute approximate surface area is 169 Å². The zero-order valence-electron chi connectivity index (χ0n) is 13.3. The van der Waals surface area contributed by atoms with Gasteiger partial charge in [0.1, 0.15) is 11.5 Å². The highest BCUT2D eigenvalue weighted by Crippen LogP contribution is 2.31. The number of aliphatic imine (C=N–C) groups is 1. The summed E-state index contributed by atoms with van der Waals surface area (Å²) in [5, 5.41) is 7.39. The molecule has 0 bridgehead atoms. The molecule has 0 atom stereocenters. The molecule has 26 heavy (non-hydrogen) atoms. The minimum Gasteiger partial charge on any atom is -0.457 e. The van der Waals surface area contributed by atoms with Crippen LogP contribution in [0.2, 0.25) is 10.0 Å². The minimum atomic E-state index is -0.367. The van der Waals surface area contributed by atoms with Crippen LogP contribution in [0, 0.1) is 0 Å². The molecule has 1 aliphatic heterocycles. The van der Waals surface area contributed by atoms with Gasteiger partial charge in [-0.1, -0.05) is 35.0 Å². The highest BCUT2D eigenvalue weighted by Gasteiger charge is 2.10. The Kier molecular flexibility index (Phi) is 6.37. The third-order valence-electron chi connectivity index (χ3n) is 3.27. The van der Waals surface area contributed by atoms with Crippen LogP contribution in [0.15, 0.2) is 45.8 Å². The first-order valence-corrected chi connectivity index (χ1v) is 9.69. The van der Waals surface area contributed by atoms with Gasteiger partial charge in [0.2, 0.25) is 5.91 Å². The van der Waals surface area contributed by atoms with Crippen molar-refractivity contribution in [2.24, 2.45) is 4.99 Å². The first kappa shape index (κ1) is 19.0. The van der Waals surface area contributed by atoms with Crippen molar-refractivity contribution in [2.45, 2.75) is 0 Å². The predicted molar refractivity (Wildman–Crippen MR) is 112 cm³/mol. The molecule has 0 fully saturated rings. The van der Waals surface area contributed by atoms with Gasteiger partial charge in [0.25, 0.3) is 0 Å². The smallest absolute Gasteiger partial charge is 0.250 e. The molecule has 2 N–H and O–H groups in total. The Bertz CT molecular complexity index is 909. The van der Waals surface area contributed by atoms with Crippen LogP contribution in [-0.4, -0.2) is 28.5 Å². The number of benzene rings is 1. The molecule has 0 saturated carbocycles. The number of rotatable bonds is 3. The fraction of sp³-hybridized carbons (Fsp3) is 0.118. The van der Waals surface area contributed by atoms with E-state index >= 15 is 0 Å². The number of nitrogens with one attached hydrogen (secondary N) is 2. The van der Waals surface area contributed by atoms with Crippen LogP contribution in [0.25, 0.3) is 17.4 Å². The van der Waals surface area contributed by atoms with Crippen LogP contribution in [0.5, 0.6) is 0 Å². The Hall–Kier alpha value is -1.80. The highest BCUT2D eigenvalue weighted by molar-refractivity contribution is 8.14. The highest BCUT2D eigenvalue weighted by atomic mass is 35.5. The number of furan rings is 1. The lowest BCUT2D eigenvalue weighted by atomic mass is 10.2. The van der Waals surface area contributed by atoms with Crippen LogP contribution in [0.3, 0.4) is 0 Å². The number of carbonyl (C=O) groups excluding carboxylic acids is 1.